The molecule has 0 aliphatic rings. The molecule has 0 spiro atoms. The summed E-state index contributed by atoms with van der Waals surface area (Å²) < 4.78 is 8.37. The number of carbonyl (C=O) groups is 1. The number of amides is 1. The van der Waals surface area contributed by atoms with Crippen LogP contribution in [0, 0.1) is 6.92 Å². The fraction of sp³-hybridized carbons (Fsp3) is 0.300. The number of para-hydroxylation sites is 1. The van der Waals surface area contributed by atoms with E-state index in [1.807, 2.05) is 18.2 Å². The van der Waals surface area contributed by atoms with E-state index in [-0.39, 0.29) is 17.2 Å². The van der Waals surface area contributed by atoms with Gasteiger partial charge >= 0.3 is 0 Å². The van der Waals surface area contributed by atoms with Crippen LogP contribution in [0.1, 0.15) is 18.1 Å². The molecule has 0 aliphatic heterocycles. The Morgan fingerprint density at radius 3 is 2.94 bits per heavy atom. The molecule has 0 saturated heterocycles. The lowest BCUT2D eigenvalue weighted by Gasteiger charge is -2.09. The lowest BCUT2D eigenvalue weighted by Crippen LogP contribution is -2.26. The SMILES string of the molecule is C=CCn1c(=O)c2ccccc2n2c(SCC(=O)NCCCc3nc(C)no3)nnc12. The molecule has 0 bridgehead atoms. The maximum absolute atomic E-state index is 12.8. The van der Waals surface area contributed by atoms with Crippen molar-refractivity contribution in [3.05, 3.63) is 59.0 Å². The number of allylic oxidation sites excluding steroid dienone is 1. The van der Waals surface area contributed by atoms with Gasteiger partial charge in [0.05, 0.1) is 16.7 Å². The van der Waals surface area contributed by atoms with Gasteiger partial charge in [-0.05, 0) is 25.5 Å². The summed E-state index contributed by atoms with van der Waals surface area (Å²) in [6, 6.07) is 7.27. The number of aromatic nitrogens is 6. The number of carbonyl (C=O) groups excluding carboxylic acids is 1. The van der Waals surface area contributed by atoms with Crippen LogP contribution in [0.25, 0.3) is 16.7 Å². The molecule has 0 aliphatic carbocycles. The number of aryl methyl sites for hydroxylation is 2. The van der Waals surface area contributed by atoms with Crippen LogP contribution in [0.2, 0.25) is 0 Å². The first-order valence-electron chi connectivity index (χ1n) is 9.74. The summed E-state index contributed by atoms with van der Waals surface area (Å²) >= 11 is 1.27. The Labute approximate surface area is 181 Å². The summed E-state index contributed by atoms with van der Waals surface area (Å²) in [6.07, 6.45) is 2.95. The monoisotopic (exact) mass is 439 g/mol. The molecule has 11 heteroatoms. The quantitative estimate of drug-likeness (QED) is 0.238. The zero-order valence-electron chi connectivity index (χ0n) is 16.9. The molecular formula is C20H21N7O3S. The second-order valence-corrected chi connectivity index (χ2v) is 7.76. The molecule has 0 saturated carbocycles. The summed E-state index contributed by atoms with van der Waals surface area (Å²) in [6.45, 7) is 6.30. The van der Waals surface area contributed by atoms with Gasteiger partial charge in [-0.2, -0.15) is 4.98 Å². The van der Waals surface area contributed by atoms with Crippen LogP contribution in [0.5, 0.6) is 0 Å². The average molecular weight is 440 g/mol. The summed E-state index contributed by atoms with van der Waals surface area (Å²) in [5, 5.41) is 16.1. The van der Waals surface area contributed by atoms with Crippen molar-refractivity contribution >= 4 is 34.3 Å². The molecule has 31 heavy (non-hydrogen) atoms. The van der Waals surface area contributed by atoms with Crippen molar-refractivity contribution < 1.29 is 9.32 Å². The predicted molar refractivity (Wildman–Crippen MR) is 116 cm³/mol. The number of nitrogens with zero attached hydrogens (tertiary/aromatic N) is 6. The summed E-state index contributed by atoms with van der Waals surface area (Å²) in [4.78, 5) is 29.2. The van der Waals surface area contributed by atoms with Crippen LogP contribution < -0.4 is 10.9 Å². The van der Waals surface area contributed by atoms with E-state index in [2.05, 4.69) is 32.2 Å². The van der Waals surface area contributed by atoms with Crippen LogP contribution in [0.15, 0.2) is 51.4 Å². The zero-order valence-corrected chi connectivity index (χ0v) is 17.8. The second-order valence-electron chi connectivity index (χ2n) is 6.82. The molecule has 1 amide bonds. The van der Waals surface area contributed by atoms with Crippen molar-refractivity contribution in [2.24, 2.45) is 0 Å². The number of hydrogen-bond donors (Lipinski definition) is 1. The summed E-state index contributed by atoms with van der Waals surface area (Å²) in [5.74, 6) is 1.64. The molecular weight excluding hydrogens is 418 g/mol. The number of hydrogen-bond acceptors (Lipinski definition) is 8. The number of nitrogens with one attached hydrogen (secondary N) is 1. The van der Waals surface area contributed by atoms with Gasteiger partial charge in [-0.25, -0.2) is 0 Å². The maximum atomic E-state index is 12.8. The molecule has 0 fully saturated rings. The second kappa shape index (κ2) is 9.13. The maximum Gasteiger partial charge on any atom is 0.263 e. The minimum atomic E-state index is -0.152. The van der Waals surface area contributed by atoms with Gasteiger partial charge in [0, 0.05) is 19.5 Å². The molecule has 0 radical (unpaired) electrons. The van der Waals surface area contributed by atoms with E-state index in [0.717, 1.165) is 0 Å². The van der Waals surface area contributed by atoms with E-state index in [0.29, 0.717) is 59.5 Å². The highest BCUT2D eigenvalue weighted by atomic mass is 32.2. The van der Waals surface area contributed by atoms with Crippen molar-refractivity contribution in [2.75, 3.05) is 12.3 Å². The van der Waals surface area contributed by atoms with Crippen molar-refractivity contribution in [1.29, 1.82) is 0 Å². The zero-order chi connectivity index (χ0) is 21.8. The lowest BCUT2D eigenvalue weighted by molar-refractivity contribution is -0.118. The van der Waals surface area contributed by atoms with E-state index in [4.69, 9.17) is 4.52 Å². The molecule has 1 aromatic carbocycles. The number of fused-ring (bicyclic) bond motifs is 3. The molecule has 3 aromatic heterocycles. The van der Waals surface area contributed by atoms with E-state index in [9.17, 15) is 9.59 Å². The van der Waals surface area contributed by atoms with Crippen LogP contribution in [0.3, 0.4) is 0 Å². The lowest BCUT2D eigenvalue weighted by atomic mass is 10.2. The van der Waals surface area contributed by atoms with Gasteiger partial charge in [0.2, 0.25) is 17.6 Å². The Hall–Kier alpha value is -3.47. The number of rotatable bonds is 9. The third-order valence-electron chi connectivity index (χ3n) is 4.58. The molecule has 4 aromatic rings. The van der Waals surface area contributed by atoms with Gasteiger partial charge < -0.3 is 9.84 Å². The third kappa shape index (κ3) is 4.36. The first-order valence-corrected chi connectivity index (χ1v) is 10.7. The van der Waals surface area contributed by atoms with Gasteiger partial charge in [-0.15, -0.1) is 16.8 Å². The standard InChI is InChI=1S/C20H21N7O3S/c1-3-11-26-18(29)14-7-4-5-8-15(14)27-19(26)23-24-20(27)31-12-16(28)21-10-6-9-17-22-13(2)25-30-17/h3-5,7-8H,1,6,9-12H2,2H3,(H,21,28). The fourth-order valence-electron chi connectivity index (χ4n) is 3.21. The highest BCUT2D eigenvalue weighted by Crippen LogP contribution is 2.21. The van der Waals surface area contributed by atoms with Crippen LogP contribution in [-0.2, 0) is 17.8 Å². The van der Waals surface area contributed by atoms with E-state index >= 15 is 0 Å². The first-order chi connectivity index (χ1) is 15.1. The molecule has 160 valence electrons. The summed E-state index contributed by atoms with van der Waals surface area (Å²) in [5.41, 5.74) is 0.548. The fourth-order valence-corrected chi connectivity index (χ4v) is 3.98. The first kappa shape index (κ1) is 20.8. The topological polar surface area (TPSA) is 120 Å². The van der Waals surface area contributed by atoms with E-state index in [1.54, 1.807) is 23.5 Å². The van der Waals surface area contributed by atoms with Crippen LogP contribution >= 0.6 is 11.8 Å². The predicted octanol–water partition coefficient (Wildman–Crippen LogP) is 1.76. The summed E-state index contributed by atoms with van der Waals surface area (Å²) in [7, 11) is 0. The molecule has 1 N–H and O–H groups in total. The third-order valence-corrected chi connectivity index (χ3v) is 5.51. The van der Waals surface area contributed by atoms with Gasteiger partial charge in [-0.1, -0.05) is 35.1 Å². The molecule has 10 nitrogen and oxygen atoms in total. The van der Waals surface area contributed by atoms with Crippen molar-refractivity contribution in [1.82, 2.24) is 34.6 Å². The molecule has 0 unspecified atom stereocenters. The molecule has 0 atom stereocenters. The van der Waals surface area contributed by atoms with Gasteiger partial charge in [0.25, 0.3) is 5.56 Å². The average Bonchev–Trinajstić information content (AvgIpc) is 3.39. The largest absolute Gasteiger partial charge is 0.355 e. The van der Waals surface area contributed by atoms with E-state index < -0.39 is 0 Å². The minimum Gasteiger partial charge on any atom is -0.355 e. The van der Waals surface area contributed by atoms with E-state index in [1.165, 1.54) is 16.3 Å². The highest BCUT2D eigenvalue weighted by molar-refractivity contribution is 7.99. The van der Waals surface area contributed by atoms with Crippen molar-refractivity contribution in [3.63, 3.8) is 0 Å². The van der Waals surface area contributed by atoms with Crippen molar-refractivity contribution in [2.45, 2.75) is 31.5 Å². The highest BCUT2D eigenvalue weighted by Gasteiger charge is 2.17. The van der Waals surface area contributed by atoms with Gasteiger partial charge in [-0.3, -0.25) is 18.6 Å². The Morgan fingerprint density at radius 2 is 2.16 bits per heavy atom. The number of thioether (sulfide) groups is 1. The molecule has 4 rings (SSSR count). The smallest absolute Gasteiger partial charge is 0.263 e. The van der Waals surface area contributed by atoms with Crippen molar-refractivity contribution in [3.8, 4) is 0 Å². The Kier molecular flexibility index (Phi) is 6.12. The Morgan fingerprint density at radius 1 is 1.32 bits per heavy atom. The minimum absolute atomic E-state index is 0.118. The van der Waals surface area contributed by atoms with Crippen LogP contribution in [-0.4, -0.2) is 47.5 Å². The Balaban J connectivity index is 1.45. The Bertz CT molecular complexity index is 1310. The van der Waals surface area contributed by atoms with Gasteiger partial charge in [0.15, 0.2) is 11.0 Å². The van der Waals surface area contributed by atoms with Crippen LogP contribution in [0.4, 0.5) is 0 Å². The van der Waals surface area contributed by atoms with Gasteiger partial charge in [0.1, 0.15) is 0 Å². The number of benzene rings is 1. The normalized spacial score (nSPS) is 11.3. The molecule has 3 heterocycles.